The minimum Gasteiger partial charge on any atom is -0.353 e. The molecule has 2 N–H and O–H groups in total. The van der Waals surface area contributed by atoms with Gasteiger partial charge in [-0.15, -0.1) is 0 Å². The zero-order valence-electron chi connectivity index (χ0n) is 14.4. The van der Waals surface area contributed by atoms with Gasteiger partial charge in [0.1, 0.15) is 0 Å². The van der Waals surface area contributed by atoms with E-state index in [1.54, 1.807) is 0 Å². The molecule has 3 aliphatic carbocycles. The van der Waals surface area contributed by atoms with E-state index in [9.17, 15) is 18.4 Å². The topological polar surface area (TPSA) is 58.2 Å². The highest BCUT2D eigenvalue weighted by Gasteiger charge is 2.55. The summed E-state index contributed by atoms with van der Waals surface area (Å²) in [7, 11) is 0. The highest BCUT2D eigenvalue weighted by atomic mass is 19.3. The Bertz CT molecular complexity index is 486. The molecule has 3 saturated carbocycles. The van der Waals surface area contributed by atoms with E-state index in [0.717, 1.165) is 32.1 Å². The summed E-state index contributed by atoms with van der Waals surface area (Å²) in [4.78, 5) is 24.2. The fourth-order valence-corrected chi connectivity index (χ4v) is 4.68. The van der Waals surface area contributed by atoms with E-state index in [-0.39, 0.29) is 18.4 Å². The average molecular weight is 342 g/mol. The van der Waals surface area contributed by atoms with Crippen molar-refractivity contribution in [3.63, 3.8) is 0 Å². The molecule has 0 aromatic heterocycles. The fourth-order valence-electron chi connectivity index (χ4n) is 4.68. The Labute approximate surface area is 142 Å². The molecule has 0 heterocycles. The van der Waals surface area contributed by atoms with Crippen LogP contribution in [0.1, 0.15) is 64.7 Å². The van der Waals surface area contributed by atoms with Gasteiger partial charge < -0.3 is 10.6 Å². The molecule has 2 amide bonds. The van der Waals surface area contributed by atoms with E-state index < -0.39 is 17.4 Å². The van der Waals surface area contributed by atoms with Crippen LogP contribution in [0.25, 0.3) is 0 Å². The van der Waals surface area contributed by atoms with Gasteiger partial charge in [0.25, 0.3) is 5.91 Å². The highest BCUT2D eigenvalue weighted by Crippen LogP contribution is 2.55. The van der Waals surface area contributed by atoms with Gasteiger partial charge in [0.15, 0.2) is 0 Å². The number of rotatable bonds is 5. The van der Waals surface area contributed by atoms with Crippen LogP contribution in [0.15, 0.2) is 0 Å². The van der Waals surface area contributed by atoms with E-state index in [1.807, 2.05) is 0 Å². The van der Waals surface area contributed by atoms with Crippen LogP contribution in [0.5, 0.6) is 0 Å². The lowest BCUT2D eigenvalue weighted by atomic mass is 9.81. The zero-order chi connectivity index (χ0) is 17.4. The predicted octanol–water partition coefficient (Wildman–Crippen LogP) is 3.01. The Morgan fingerprint density at radius 1 is 1.04 bits per heavy atom. The molecule has 24 heavy (non-hydrogen) atoms. The molecule has 0 radical (unpaired) electrons. The number of carbonyl (C=O) groups excluding carboxylic acids is 2. The third kappa shape index (κ3) is 3.72. The first kappa shape index (κ1) is 17.6. The maximum atomic E-state index is 13.3. The molecule has 0 bridgehead atoms. The van der Waals surface area contributed by atoms with Gasteiger partial charge in [0.2, 0.25) is 5.91 Å². The molecule has 2 atom stereocenters. The van der Waals surface area contributed by atoms with Crippen LogP contribution in [-0.4, -0.2) is 29.8 Å². The van der Waals surface area contributed by atoms with Gasteiger partial charge in [-0.3, -0.25) is 9.59 Å². The molecule has 136 valence electrons. The standard InChI is InChI=1S/C18H28F2N2O2/c1-17(19,20)16(24)22-18(9-5-2-6-10-18)11-21-15(23)14-12-7-3-4-8-13(12)14/h12-14H,2-11H2,1H3,(H,21,23)(H,22,24). The number of hydrogen-bond acceptors (Lipinski definition) is 2. The number of hydrogen-bond donors (Lipinski definition) is 2. The average Bonchev–Trinajstić information content (AvgIpc) is 3.27. The van der Waals surface area contributed by atoms with Crippen LogP contribution >= 0.6 is 0 Å². The van der Waals surface area contributed by atoms with E-state index in [1.165, 1.54) is 12.8 Å². The second kappa shape index (κ2) is 6.60. The number of alkyl halides is 2. The monoisotopic (exact) mass is 342 g/mol. The van der Waals surface area contributed by atoms with E-state index in [2.05, 4.69) is 10.6 Å². The first-order valence-electron chi connectivity index (χ1n) is 9.31. The van der Waals surface area contributed by atoms with E-state index in [0.29, 0.717) is 31.6 Å². The van der Waals surface area contributed by atoms with Crippen LogP contribution in [0.4, 0.5) is 8.78 Å². The first-order valence-corrected chi connectivity index (χ1v) is 9.31. The van der Waals surface area contributed by atoms with Crippen molar-refractivity contribution in [1.29, 1.82) is 0 Å². The lowest BCUT2D eigenvalue weighted by Crippen LogP contribution is -2.59. The second-order valence-corrected chi connectivity index (χ2v) is 8.04. The summed E-state index contributed by atoms with van der Waals surface area (Å²) in [5.74, 6) is -3.42. The summed E-state index contributed by atoms with van der Waals surface area (Å²) in [5, 5.41) is 5.52. The summed E-state index contributed by atoms with van der Waals surface area (Å²) >= 11 is 0. The van der Waals surface area contributed by atoms with Gasteiger partial charge in [-0.05, 0) is 37.5 Å². The van der Waals surface area contributed by atoms with Crippen molar-refractivity contribution >= 4 is 11.8 Å². The summed E-state index contributed by atoms with van der Waals surface area (Å²) < 4.78 is 26.6. The molecule has 6 heteroatoms. The van der Waals surface area contributed by atoms with Gasteiger partial charge in [-0.1, -0.05) is 32.1 Å². The van der Waals surface area contributed by atoms with Crippen molar-refractivity contribution < 1.29 is 18.4 Å². The van der Waals surface area contributed by atoms with Crippen LogP contribution in [0.3, 0.4) is 0 Å². The van der Waals surface area contributed by atoms with Crippen molar-refractivity contribution in [2.45, 2.75) is 76.2 Å². The SMILES string of the molecule is CC(F)(F)C(=O)NC1(CNC(=O)C2C3CCCCC32)CCCCC1. The second-order valence-electron chi connectivity index (χ2n) is 8.04. The fraction of sp³-hybridized carbons (Fsp3) is 0.889. The van der Waals surface area contributed by atoms with Crippen molar-refractivity contribution in [3.05, 3.63) is 0 Å². The normalized spacial score (nSPS) is 31.7. The summed E-state index contributed by atoms with van der Waals surface area (Å²) in [6.07, 6.45) is 8.78. The van der Waals surface area contributed by atoms with Crippen LogP contribution in [0, 0.1) is 17.8 Å². The molecular weight excluding hydrogens is 314 g/mol. The molecule has 3 rings (SSSR count). The van der Waals surface area contributed by atoms with Crippen molar-refractivity contribution in [1.82, 2.24) is 10.6 Å². The largest absolute Gasteiger partial charge is 0.353 e. The Balaban J connectivity index is 1.58. The summed E-state index contributed by atoms with van der Waals surface area (Å²) in [6, 6.07) is 0. The number of halogens is 2. The number of carbonyl (C=O) groups is 2. The number of fused-ring (bicyclic) bond motifs is 1. The first-order chi connectivity index (χ1) is 11.3. The quantitative estimate of drug-likeness (QED) is 0.807. The molecule has 0 aromatic rings. The van der Waals surface area contributed by atoms with Crippen molar-refractivity contribution in [2.75, 3.05) is 6.54 Å². The third-order valence-corrected chi connectivity index (χ3v) is 6.15. The van der Waals surface area contributed by atoms with Crippen LogP contribution in [-0.2, 0) is 9.59 Å². The molecule has 0 aromatic carbocycles. The Kier molecular flexibility index (Phi) is 4.85. The summed E-state index contributed by atoms with van der Waals surface area (Å²) in [5.41, 5.74) is -0.718. The molecule has 0 aliphatic heterocycles. The van der Waals surface area contributed by atoms with Crippen LogP contribution < -0.4 is 10.6 Å². The van der Waals surface area contributed by atoms with Crippen molar-refractivity contribution in [3.8, 4) is 0 Å². The molecule has 0 spiro atoms. The lowest BCUT2D eigenvalue weighted by Gasteiger charge is -2.39. The molecule has 3 fully saturated rings. The zero-order valence-corrected chi connectivity index (χ0v) is 14.4. The highest BCUT2D eigenvalue weighted by molar-refractivity contribution is 5.84. The van der Waals surface area contributed by atoms with Gasteiger partial charge in [-0.2, -0.15) is 8.78 Å². The third-order valence-electron chi connectivity index (χ3n) is 6.15. The lowest BCUT2D eigenvalue weighted by molar-refractivity contribution is -0.146. The molecule has 0 saturated heterocycles. The minimum absolute atomic E-state index is 0.0503. The van der Waals surface area contributed by atoms with Gasteiger partial charge in [-0.25, -0.2) is 0 Å². The Morgan fingerprint density at radius 3 is 2.17 bits per heavy atom. The Hall–Kier alpha value is -1.20. The van der Waals surface area contributed by atoms with Gasteiger partial charge in [0, 0.05) is 19.4 Å². The number of nitrogens with one attached hydrogen (secondary N) is 2. The molecule has 4 nitrogen and oxygen atoms in total. The van der Waals surface area contributed by atoms with Crippen LogP contribution in [0.2, 0.25) is 0 Å². The number of amides is 2. The van der Waals surface area contributed by atoms with Gasteiger partial charge >= 0.3 is 5.92 Å². The van der Waals surface area contributed by atoms with Gasteiger partial charge in [0.05, 0.1) is 5.54 Å². The summed E-state index contributed by atoms with van der Waals surface area (Å²) in [6.45, 7) is 0.885. The maximum absolute atomic E-state index is 13.3. The van der Waals surface area contributed by atoms with Crippen molar-refractivity contribution in [2.24, 2.45) is 17.8 Å². The van der Waals surface area contributed by atoms with E-state index >= 15 is 0 Å². The maximum Gasteiger partial charge on any atom is 0.321 e. The smallest absolute Gasteiger partial charge is 0.321 e. The Morgan fingerprint density at radius 2 is 1.62 bits per heavy atom. The predicted molar refractivity (Wildman–Crippen MR) is 86.5 cm³/mol. The molecular formula is C18H28F2N2O2. The molecule has 2 unspecified atom stereocenters. The van der Waals surface area contributed by atoms with E-state index in [4.69, 9.17) is 0 Å². The minimum atomic E-state index is -3.39. The molecule has 3 aliphatic rings.